The van der Waals surface area contributed by atoms with E-state index in [2.05, 4.69) is 10.2 Å². The van der Waals surface area contributed by atoms with Gasteiger partial charge in [-0.1, -0.05) is 23.9 Å². The average molecular weight is 453 g/mol. The number of amides is 1. The summed E-state index contributed by atoms with van der Waals surface area (Å²) in [6, 6.07) is 14.0. The minimum atomic E-state index is -0.288. The number of halogens is 1. The highest BCUT2D eigenvalue weighted by molar-refractivity contribution is 7.99. The maximum Gasteiger partial charge on any atom is 0.233 e. The second-order valence-corrected chi connectivity index (χ2v) is 8.53. The lowest BCUT2D eigenvalue weighted by Gasteiger charge is -2.28. The Kier molecular flexibility index (Phi) is 6.32. The smallest absolute Gasteiger partial charge is 0.233 e. The van der Waals surface area contributed by atoms with Gasteiger partial charge in [-0.3, -0.25) is 9.20 Å². The largest absolute Gasteiger partial charge is 0.497 e. The van der Waals surface area contributed by atoms with Crippen molar-refractivity contribution in [3.05, 3.63) is 65.5 Å². The minimum absolute atomic E-state index is 0.0138. The predicted octanol–water partition coefficient (Wildman–Crippen LogP) is 5.04. The molecule has 0 fully saturated rings. The summed E-state index contributed by atoms with van der Waals surface area (Å²) in [6.07, 6.45) is 0. The maximum absolute atomic E-state index is 13.3. The van der Waals surface area contributed by atoms with Crippen molar-refractivity contribution >= 4 is 34.2 Å². The summed E-state index contributed by atoms with van der Waals surface area (Å²) in [5, 5.41) is 10.4. The van der Waals surface area contributed by atoms with E-state index >= 15 is 0 Å². The molecular formula is C24H25FN4O2S. The Balaban J connectivity index is 1.60. The fraction of sp³-hybridized carbons (Fsp3) is 0.292. The van der Waals surface area contributed by atoms with Crippen LogP contribution < -0.4 is 4.74 Å². The van der Waals surface area contributed by atoms with E-state index in [0.717, 1.165) is 33.4 Å². The molecule has 0 aliphatic carbocycles. The quantitative estimate of drug-likeness (QED) is 0.368. The van der Waals surface area contributed by atoms with Gasteiger partial charge < -0.3 is 9.64 Å². The minimum Gasteiger partial charge on any atom is -0.497 e. The van der Waals surface area contributed by atoms with Crippen molar-refractivity contribution < 1.29 is 13.9 Å². The molecule has 0 aliphatic rings. The van der Waals surface area contributed by atoms with E-state index in [1.807, 2.05) is 49.4 Å². The van der Waals surface area contributed by atoms with Crippen molar-refractivity contribution in [1.82, 2.24) is 19.5 Å². The van der Waals surface area contributed by atoms with E-state index in [-0.39, 0.29) is 23.5 Å². The Hall–Kier alpha value is -3.13. The van der Waals surface area contributed by atoms with Gasteiger partial charge in [0.05, 0.1) is 24.4 Å². The van der Waals surface area contributed by atoms with Gasteiger partial charge in [0.25, 0.3) is 0 Å². The van der Waals surface area contributed by atoms with Crippen molar-refractivity contribution in [3.8, 4) is 5.75 Å². The first kappa shape index (κ1) is 22.1. The van der Waals surface area contributed by atoms with Crippen LogP contribution in [-0.2, 0) is 4.79 Å². The zero-order chi connectivity index (χ0) is 22.8. The number of thioether (sulfide) groups is 1. The molecule has 2 aromatic carbocycles. The number of ether oxygens (including phenoxy) is 1. The van der Waals surface area contributed by atoms with Crippen molar-refractivity contribution in [2.45, 2.75) is 32.0 Å². The molecule has 32 heavy (non-hydrogen) atoms. The Bertz CT molecular complexity index is 1270. The third-order valence-corrected chi connectivity index (χ3v) is 6.59. The van der Waals surface area contributed by atoms with Gasteiger partial charge in [0, 0.05) is 18.0 Å². The number of methoxy groups -OCH3 is 1. The summed E-state index contributed by atoms with van der Waals surface area (Å²) in [6.45, 7) is 6.49. The van der Waals surface area contributed by atoms with Crippen LogP contribution in [-0.4, -0.2) is 44.8 Å². The molecule has 8 heteroatoms. The van der Waals surface area contributed by atoms with Crippen LogP contribution in [0.3, 0.4) is 0 Å². The van der Waals surface area contributed by atoms with Crippen molar-refractivity contribution in [2.75, 3.05) is 19.4 Å². The number of carbonyl (C=O) groups is 1. The number of hydrogen-bond acceptors (Lipinski definition) is 5. The molecule has 0 radical (unpaired) electrons. The summed E-state index contributed by atoms with van der Waals surface area (Å²) in [5.74, 6) is 0.665. The number of fused-ring (bicyclic) bond motifs is 3. The molecule has 0 saturated carbocycles. The van der Waals surface area contributed by atoms with Crippen LogP contribution in [0.4, 0.5) is 4.39 Å². The van der Waals surface area contributed by atoms with Gasteiger partial charge in [0.1, 0.15) is 11.6 Å². The van der Waals surface area contributed by atoms with Gasteiger partial charge >= 0.3 is 0 Å². The molecule has 6 nitrogen and oxygen atoms in total. The van der Waals surface area contributed by atoms with Gasteiger partial charge in [0.2, 0.25) is 5.91 Å². The summed E-state index contributed by atoms with van der Waals surface area (Å²) < 4.78 is 20.6. The van der Waals surface area contributed by atoms with Gasteiger partial charge in [-0.05, 0) is 62.2 Å². The molecule has 1 amide bonds. The van der Waals surface area contributed by atoms with Crippen molar-refractivity contribution in [3.63, 3.8) is 0 Å². The highest BCUT2D eigenvalue weighted by Crippen LogP contribution is 2.29. The molecule has 0 bridgehead atoms. The SMILES string of the molecule is CCN(C(=O)CSc1nnc2cc(C)c3ccc(OC)cc3n12)C(C)c1ccc(F)cc1. The van der Waals surface area contributed by atoms with E-state index in [1.54, 1.807) is 24.1 Å². The number of rotatable bonds is 7. The van der Waals surface area contributed by atoms with Crippen LogP contribution in [0.1, 0.15) is 31.0 Å². The fourth-order valence-electron chi connectivity index (χ4n) is 3.92. The third kappa shape index (κ3) is 4.14. The molecule has 0 aliphatic heterocycles. The van der Waals surface area contributed by atoms with Crippen LogP contribution in [0.25, 0.3) is 16.6 Å². The molecule has 1 unspecified atom stereocenters. The molecule has 4 rings (SSSR count). The highest BCUT2D eigenvalue weighted by atomic mass is 32.2. The normalized spacial score (nSPS) is 12.3. The van der Waals surface area contributed by atoms with E-state index in [0.29, 0.717) is 11.7 Å². The number of carbonyl (C=O) groups excluding carboxylic acids is 1. The van der Waals surface area contributed by atoms with Crippen LogP contribution >= 0.6 is 11.8 Å². The molecule has 0 N–H and O–H groups in total. The molecular weight excluding hydrogens is 427 g/mol. The Labute approximate surface area is 190 Å². The molecule has 0 spiro atoms. The monoisotopic (exact) mass is 452 g/mol. The molecule has 166 valence electrons. The van der Waals surface area contributed by atoms with Gasteiger partial charge in [-0.2, -0.15) is 0 Å². The van der Waals surface area contributed by atoms with Gasteiger partial charge in [-0.25, -0.2) is 4.39 Å². The second-order valence-electron chi connectivity index (χ2n) is 7.58. The number of aryl methyl sites for hydroxylation is 1. The molecule has 1 atom stereocenters. The number of hydrogen-bond donors (Lipinski definition) is 0. The molecule has 0 saturated heterocycles. The van der Waals surface area contributed by atoms with Crippen molar-refractivity contribution in [1.29, 1.82) is 0 Å². The fourth-order valence-corrected chi connectivity index (χ4v) is 4.76. The summed E-state index contributed by atoms with van der Waals surface area (Å²) in [7, 11) is 1.64. The van der Waals surface area contributed by atoms with Crippen LogP contribution in [0.2, 0.25) is 0 Å². The first-order valence-corrected chi connectivity index (χ1v) is 11.4. The standard InChI is InChI=1S/C24H25FN4O2S/c1-5-28(16(3)17-6-8-18(25)9-7-17)23(30)14-32-24-27-26-22-12-15(2)20-11-10-19(31-4)13-21(20)29(22)24/h6-13,16H,5,14H2,1-4H3. The number of benzene rings is 2. The summed E-state index contributed by atoms with van der Waals surface area (Å²) in [4.78, 5) is 14.8. The topological polar surface area (TPSA) is 59.7 Å². The molecule has 2 aromatic heterocycles. The van der Waals surface area contributed by atoms with E-state index in [4.69, 9.17) is 4.74 Å². The van der Waals surface area contributed by atoms with Crippen LogP contribution in [0.15, 0.2) is 53.7 Å². The number of nitrogens with zero attached hydrogens (tertiary/aromatic N) is 4. The molecule has 2 heterocycles. The predicted molar refractivity (Wildman–Crippen MR) is 125 cm³/mol. The third-order valence-electron chi connectivity index (χ3n) is 5.68. The average Bonchev–Trinajstić information content (AvgIpc) is 3.21. The Morgan fingerprint density at radius 1 is 1.19 bits per heavy atom. The van der Waals surface area contributed by atoms with Crippen LogP contribution in [0, 0.1) is 12.7 Å². The summed E-state index contributed by atoms with van der Waals surface area (Å²) >= 11 is 1.35. The van der Waals surface area contributed by atoms with E-state index in [9.17, 15) is 9.18 Å². The maximum atomic E-state index is 13.3. The second kappa shape index (κ2) is 9.16. The van der Waals surface area contributed by atoms with E-state index in [1.165, 1.54) is 23.9 Å². The first-order chi connectivity index (χ1) is 15.4. The van der Waals surface area contributed by atoms with Crippen LogP contribution in [0.5, 0.6) is 5.75 Å². The Morgan fingerprint density at radius 3 is 2.62 bits per heavy atom. The number of pyridine rings is 1. The molecule has 4 aromatic rings. The zero-order valence-corrected chi connectivity index (χ0v) is 19.3. The van der Waals surface area contributed by atoms with E-state index < -0.39 is 0 Å². The zero-order valence-electron chi connectivity index (χ0n) is 18.5. The Morgan fingerprint density at radius 2 is 1.94 bits per heavy atom. The van der Waals surface area contributed by atoms with Gasteiger partial charge in [-0.15, -0.1) is 10.2 Å². The lowest BCUT2D eigenvalue weighted by molar-refractivity contribution is -0.130. The lowest BCUT2D eigenvalue weighted by Crippen LogP contribution is -2.34. The highest BCUT2D eigenvalue weighted by Gasteiger charge is 2.21. The summed E-state index contributed by atoms with van der Waals surface area (Å²) in [5.41, 5.74) is 3.66. The lowest BCUT2D eigenvalue weighted by atomic mass is 10.1. The number of aromatic nitrogens is 3. The van der Waals surface area contributed by atoms with Gasteiger partial charge in [0.15, 0.2) is 10.8 Å². The van der Waals surface area contributed by atoms with Crippen molar-refractivity contribution in [2.24, 2.45) is 0 Å². The first-order valence-electron chi connectivity index (χ1n) is 10.4.